The summed E-state index contributed by atoms with van der Waals surface area (Å²) in [6.07, 6.45) is 9.81. The summed E-state index contributed by atoms with van der Waals surface area (Å²) in [5.74, 6) is 0.898. The normalized spacial score (nSPS) is 21.4. The molecule has 1 saturated carbocycles. The van der Waals surface area contributed by atoms with Crippen LogP contribution in [0.1, 0.15) is 51.4 Å². The van der Waals surface area contributed by atoms with Crippen LogP contribution in [0.5, 0.6) is 0 Å². The third-order valence-electron chi connectivity index (χ3n) is 5.49. The van der Waals surface area contributed by atoms with Crippen molar-refractivity contribution in [1.82, 2.24) is 10.6 Å². The van der Waals surface area contributed by atoms with Crippen molar-refractivity contribution in [1.29, 1.82) is 0 Å². The van der Waals surface area contributed by atoms with E-state index in [1.54, 1.807) is 7.11 Å². The van der Waals surface area contributed by atoms with Crippen LogP contribution in [0.4, 0.5) is 0 Å². The van der Waals surface area contributed by atoms with Crippen molar-refractivity contribution >= 4 is 5.96 Å². The van der Waals surface area contributed by atoms with E-state index in [1.165, 1.54) is 25.7 Å². The van der Waals surface area contributed by atoms with E-state index in [0.29, 0.717) is 11.5 Å². The molecule has 25 heavy (non-hydrogen) atoms. The Morgan fingerprint density at radius 3 is 2.60 bits per heavy atom. The van der Waals surface area contributed by atoms with Crippen molar-refractivity contribution < 1.29 is 14.2 Å². The molecule has 0 aromatic carbocycles. The zero-order chi connectivity index (χ0) is 17.8. The lowest BCUT2D eigenvalue weighted by Gasteiger charge is -2.30. The number of ether oxygens (including phenoxy) is 3. The van der Waals surface area contributed by atoms with Gasteiger partial charge in [-0.05, 0) is 43.9 Å². The molecule has 0 aromatic rings. The molecule has 1 heterocycles. The summed E-state index contributed by atoms with van der Waals surface area (Å²) >= 11 is 0. The number of nitrogens with one attached hydrogen (secondary N) is 2. The highest BCUT2D eigenvalue weighted by atomic mass is 16.5. The van der Waals surface area contributed by atoms with Gasteiger partial charge in [0.05, 0.1) is 6.10 Å². The average molecular weight is 356 g/mol. The van der Waals surface area contributed by atoms with Crippen molar-refractivity contribution in [2.75, 3.05) is 53.7 Å². The summed E-state index contributed by atoms with van der Waals surface area (Å²) < 4.78 is 16.6. The number of hydrogen-bond donors (Lipinski definition) is 2. The zero-order valence-electron chi connectivity index (χ0n) is 16.1. The second-order valence-corrected chi connectivity index (χ2v) is 7.34. The summed E-state index contributed by atoms with van der Waals surface area (Å²) in [6.45, 7) is 5.18. The van der Waals surface area contributed by atoms with Gasteiger partial charge in [0, 0.05) is 53.7 Å². The second kappa shape index (κ2) is 11.7. The summed E-state index contributed by atoms with van der Waals surface area (Å²) in [5.41, 5.74) is 0.375. The molecule has 6 heteroatoms. The standard InChI is InChI=1S/C19H37N3O3/c1-20-18(21-11-5-12-25-17-6-13-24-14-7-17)22-16-19(10-15-23-2)8-3-4-9-19/h17H,3-16H2,1-2H3,(H2,20,21,22). The number of methoxy groups -OCH3 is 1. The molecule has 0 aromatic heterocycles. The minimum absolute atomic E-state index is 0.375. The highest BCUT2D eigenvalue weighted by Crippen LogP contribution is 2.40. The summed E-state index contributed by atoms with van der Waals surface area (Å²) in [4.78, 5) is 4.35. The maximum atomic E-state index is 5.91. The van der Waals surface area contributed by atoms with Crippen molar-refractivity contribution in [2.45, 2.75) is 57.5 Å². The molecule has 1 aliphatic carbocycles. The summed E-state index contributed by atoms with van der Waals surface area (Å²) in [6, 6.07) is 0. The molecule has 0 spiro atoms. The van der Waals surface area contributed by atoms with E-state index >= 15 is 0 Å². The molecule has 0 radical (unpaired) electrons. The third kappa shape index (κ3) is 7.50. The highest BCUT2D eigenvalue weighted by molar-refractivity contribution is 5.79. The van der Waals surface area contributed by atoms with Gasteiger partial charge >= 0.3 is 0 Å². The van der Waals surface area contributed by atoms with Crippen LogP contribution in [0.15, 0.2) is 4.99 Å². The van der Waals surface area contributed by atoms with Crippen molar-refractivity contribution in [3.63, 3.8) is 0 Å². The van der Waals surface area contributed by atoms with Crippen LogP contribution >= 0.6 is 0 Å². The molecule has 2 N–H and O–H groups in total. The fraction of sp³-hybridized carbons (Fsp3) is 0.947. The fourth-order valence-corrected chi connectivity index (χ4v) is 3.82. The second-order valence-electron chi connectivity index (χ2n) is 7.34. The maximum absolute atomic E-state index is 5.91. The number of guanidine groups is 1. The van der Waals surface area contributed by atoms with E-state index in [4.69, 9.17) is 14.2 Å². The lowest BCUT2D eigenvalue weighted by atomic mass is 9.83. The molecule has 0 atom stereocenters. The first-order valence-corrected chi connectivity index (χ1v) is 9.91. The van der Waals surface area contributed by atoms with E-state index in [-0.39, 0.29) is 0 Å². The number of rotatable bonds is 10. The zero-order valence-corrected chi connectivity index (χ0v) is 16.1. The van der Waals surface area contributed by atoms with Gasteiger partial charge in [-0.15, -0.1) is 0 Å². The van der Waals surface area contributed by atoms with Crippen LogP contribution < -0.4 is 10.6 Å². The van der Waals surface area contributed by atoms with Crippen molar-refractivity contribution in [2.24, 2.45) is 10.4 Å². The Morgan fingerprint density at radius 2 is 1.92 bits per heavy atom. The smallest absolute Gasteiger partial charge is 0.190 e. The molecule has 1 aliphatic heterocycles. The van der Waals surface area contributed by atoms with E-state index in [0.717, 1.165) is 71.2 Å². The molecule has 1 saturated heterocycles. The van der Waals surface area contributed by atoms with Gasteiger partial charge in [-0.3, -0.25) is 4.99 Å². The Hall–Kier alpha value is -0.850. The Labute approximate surface area is 153 Å². The average Bonchev–Trinajstić information content (AvgIpc) is 3.12. The van der Waals surface area contributed by atoms with Gasteiger partial charge in [0.1, 0.15) is 0 Å². The lowest BCUT2D eigenvalue weighted by Crippen LogP contribution is -2.43. The maximum Gasteiger partial charge on any atom is 0.190 e. The van der Waals surface area contributed by atoms with Gasteiger partial charge in [-0.1, -0.05) is 12.8 Å². The minimum atomic E-state index is 0.375. The Balaban J connectivity index is 1.59. The van der Waals surface area contributed by atoms with Crippen LogP contribution in [-0.2, 0) is 14.2 Å². The van der Waals surface area contributed by atoms with E-state index in [1.807, 2.05) is 7.05 Å². The SMILES string of the molecule is CN=C(NCCCOC1CCOCC1)NCC1(CCOC)CCCC1. The summed E-state index contributed by atoms with van der Waals surface area (Å²) in [7, 11) is 3.63. The summed E-state index contributed by atoms with van der Waals surface area (Å²) in [5, 5.41) is 6.93. The van der Waals surface area contributed by atoms with Gasteiger partial charge in [0.25, 0.3) is 0 Å². The van der Waals surface area contributed by atoms with E-state index in [2.05, 4.69) is 15.6 Å². The molecule has 0 amide bonds. The van der Waals surface area contributed by atoms with Gasteiger partial charge in [-0.25, -0.2) is 0 Å². The quantitative estimate of drug-likeness (QED) is 0.358. The van der Waals surface area contributed by atoms with Gasteiger partial charge < -0.3 is 24.8 Å². The monoisotopic (exact) mass is 355 g/mol. The Bertz CT molecular complexity index is 378. The first-order valence-electron chi connectivity index (χ1n) is 9.91. The number of hydrogen-bond acceptors (Lipinski definition) is 4. The highest BCUT2D eigenvalue weighted by Gasteiger charge is 2.33. The van der Waals surface area contributed by atoms with Crippen molar-refractivity contribution in [3.05, 3.63) is 0 Å². The fourth-order valence-electron chi connectivity index (χ4n) is 3.82. The van der Waals surface area contributed by atoms with Gasteiger partial charge in [0.2, 0.25) is 0 Å². The Morgan fingerprint density at radius 1 is 1.16 bits per heavy atom. The van der Waals surface area contributed by atoms with Crippen LogP contribution in [-0.4, -0.2) is 65.7 Å². The topological polar surface area (TPSA) is 64.1 Å². The predicted molar refractivity (Wildman–Crippen MR) is 101 cm³/mol. The van der Waals surface area contributed by atoms with Crippen LogP contribution in [0.25, 0.3) is 0 Å². The molecule has 0 unspecified atom stereocenters. The van der Waals surface area contributed by atoms with Crippen LogP contribution in [0.2, 0.25) is 0 Å². The van der Waals surface area contributed by atoms with Gasteiger partial charge in [-0.2, -0.15) is 0 Å². The Kier molecular flexibility index (Phi) is 9.58. The van der Waals surface area contributed by atoms with Crippen LogP contribution in [0.3, 0.4) is 0 Å². The van der Waals surface area contributed by atoms with Gasteiger partial charge in [0.15, 0.2) is 5.96 Å². The molecule has 0 bridgehead atoms. The van der Waals surface area contributed by atoms with E-state index in [9.17, 15) is 0 Å². The van der Waals surface area contributed by atoms with Crippen molar-refractivity contribution in [3.8, 4) is 0 Å². The number of nitrogens with zero attached hydrogens (tertiary/aromatic N) is 1. The molecule has 2 fully saturated rings. The molecule has 2 rings (SSSR count). The largest absolute Gasteiger partial charge is 0.385 e. The third-order valence-corrected chi connectivity index (χ3v) is 5.49. The first-order chi connectivity index (χ1) is 12.3. The van der Waals surface area contributed by atoms with E-state index < -0.39 is 0 Å². The molecular weight excluding hydrogens is 318 g/mol. The minimum Gasteiger partial charge on any atom is -0.385 e. The first kappa shape index (κ1) is 20.5. The van der Waals surface area contributed by atoms with Crippen LogP contribution in [0, 0.1) is 5.41 Å². The molecule has 2 aliphatic rings. The number of aliphatic imine (C=N–C) groups is 1. The molecule has 146 valence electrons. The predicted octanol–water partition coefficient (Wildman–Crippen LogP) is 2.33. The molecular formula is C19H37N3O3. The lowest BCUT2D eigenvalue weighted by molar-refractivity contribution is -0.0320. The molecule has 6 nitrogen and oxygen atoms in total.